The lowest BCUT2D eigenvalue weighted by Gasteiger charge is -2.21. The summed E-state index contributed by atoms with van der Waals surface area (Å²) in [6.07, 6.45) is 95.1. The van der Waals surface area contributed by atoms with Gasteiger partial charge in [-0.2, -0.15) is 0 Å². The van der Waals surface area contributed by atoms with E-state index >= 15 is 0 Å². The molecule has 5 atom stereocenters. The van der Waals surface area contributed by atoms with E-state index in [9.17, 15) is 43.2 Å². The van der Waals surface area contributed by atoms with Crippen LogP contribution in [-0.4, -0.2) is 96.7 Å². The van der Waals surface area contributed by atoms with Gasteiger partial charge in [0.25, 0.3) is 0 Å². The number of aliphatic hydroxyl groups excluding tert-OH is 1. The Morgan fingerprint density at radius 3 is 0.898 bits per heavy atom. The first-order chi connectivity index (χ1) is 52.7. The van der Waals surface area contributed by atoms with Gasteiger partial charge in [-0.15, -0.1) is 0 Å². The van der Waals surface area contributed by atoms with Crippen LogP contribution in [0.15, 0.2) is 170 Å². The molecule has 614 valence electrons. The largest absolute Gasteiger partial charge is 0.472 e. The molecule has 0 saturated heterocycles. The van der Waals surface area contributed by atoms with Crippen molar-refractivity contribution < 1.29 is 80.2 Å². The molecule has 0 radical (unpaired) electrons. The summed E-state index contributed by atoms with van der Waals surface area (Å²) in [5, 5.41) is 10.7. The average molecular weight is 1550 g/mol. The summed E-state index contributed by atoms with van der Waals surface area (Å²) in [5.74, 6) is -2.44. The molecule has 0 aliphatic rings. The van der Waals surface area contributed by atoms with Crippen molar-refractivity contribution in [2.45, 2.75) is 329 Å². The molecule has 3 N–H and O–H groups in total. The molecule has 0 rings (SSSR count). The van der Waals surface area contributed by atoms with Crippen molar-refractivity contribution in [1.29, 1.82) is 0 Å². The Hall–Kier alpha value is -5.58. The Bertz CT molecular complexity index is 2710. The van der Waals surface area contributed by atoms with Gasteiger partial charge in [0.15, 0.2) is 12.2 Å². The zero-order valence-corrected chi connectivity index (χ0v) is 69.0. The molecule has 0 spiro atoms. The van der Waals surface area contributed by atoms with E-state index in [2.05, 4.69) is 155 Å². The molecule has 0 aromatic carbocycles. The van der Waals surface area contributed by atoms with Crippen molar-refractivity contribution in [3.8, 4) is 0 Å². The molecule has 0 bridgehead atoms. The van der Waals surface area contributed by atoms with Gasteiger partial charge in [-0.3, -0.25) is 37.3 Å². The molecular weight excluding hydrogens is 1400 g/mol. The number of allylic oxidation sites excluding steroid dienone is 27. The second-order valence-electron chi connectivity index (χ2n) is 27.0. The van der Waals surface area contributed by atoms with Gasteiger partial charge in [-0.05, 0) is 128 Å². The number of carbonyl (C=O) groups is 4. The molecule has 0 amide bonds. The molecule has 0 saturated carbocycles. The van der Waals surface area contributed by atoms with E-state index in [1.807, 2.05) is 30.4 Å². The smallest absolute Gasteiger partial charge is 0.462 e. The summed E-state index contributed by atoms with van der Waals surface area (Å²) in [4.78, 5) is 73.0. The zero-order chi connectivity index (χ0) is 78.9. The molecule has 17 nitrogen and oxygen atoms in total. The van der Waals surface area contributed by atoms with Crippen LogP contribution in [0.3, 0.4) is 0 Å². The lowest BCUT2D eigenvalue weighted by Crippen LogP contribution is -2.30. The number of carbonyl (C=O) groups excluding carboxylic acids is 4. The first kappa shape index (κ1) is 102. The van der Waals surface area contributed by atoms with E-state index in [-0.39, 0.29) is 25.7 Å². The maximum atomic E-state index is 13.1. The fourth-order valence-corrected chi connectivity index (χ4v) is 12.1. The van der Waals surface area contributed by atoms with E-state index in [4.69, 9.17) is 37.0 Å². The topological polar surface area (TPSA) is 237 Å². The molecule has 108 heavy (non-hydrogen) atoms. The molecule has 0 aliphatic heterocycles. The third-order valence-corrected chi connectivity index (χ3v) is 18.6. The summed E-state index contributed by atoms with van der Waals surface area (Å²) < 4.78 is 68.5. The Morgan fingerprint density at radius 2 is 0.537 bits per heavy atom. The van der Waals surface area contributed by atoms with Crippen LogP contribution in [0.4, 0.5) is 0 Å². The number of hydrogen-bond donors (Lipinski definition) is 3. The fraction of sp³-hybridized carbons (Fsp3) is 0.640. The number of unbranched alkanes of at least 4 members (excludes halogenated alkanes) is 23. The lowest BCUT2D eigenvalue weighted by molar-refractivity contribution is -0.161. The molecular formula is C89H146O17P2. The molecule has 0 aromatic rings. The summed E-state index contributed by atoms with van der Waals surface area (Å²) in [6, 6.07) is 0. The third kappa shape index (κ3) is 78.5. The second-order valence-corrected chi connectivity index (χ2v) is 29.9. The minimum absolute atomic E-state index is 0.0306. The maximum absolute atomic E-state index is 13.1. The first-order valence-electron chi connectivity index (χ1n) is 41.4. The number of esters is 4. The van der Waals surface area contributed by atoms with Crippen LogP contribution in [0.2, 0.25) is 0 Å². The molecule has 0 aliphatic carbocycles. The van der Waals surface area contributed by atoms with E-state index in [1.54, 1.807) is 12.2 Å². The van der Waals surface area contributed by atoms with Crippen LogP contribution in [0.5, 0.6) is 0 Å². The van der Waals surface area contributed by atoms with Crippen LogP contribution < -0.4 is 0 Å². The normalized spacial score (nSPS) is 14.7. The summed E-state index contributed by atoms with van der Waals surface area (Å²) in [6.45, 7) is 4.42. The monoisotopic (exact) mass is 1550 g/mol. The molecule has 5 unspecified atom stereocenters. The van der Waals surface area contributed by atoms with Crippen LogP contribution >= 0.6 is 15.6 Å². The Labute approximate surface area is 654 Å². The number of rotatable bonds is 76. The number of hydrogen-bond acceptors (Lipinski definition) is 15. The van der Waals surface area contributed by atoms with Gasteiger partial charge in [0, 0.05) is 19.3 Å². The predicted molar refractivity (Wildman–Crippen MR) is 445 cm³/mol. The first-order valence-corrected chi connectivity index (χ1v) is 44.4. The lowest BCUT2D eigenvalue weighted by atomic mass is 10.0. The summed E-state index contributed by atoms with van der Waals surface area (Å²) in [5.41, 5.74) is 0. The maximum Gasteiger partial charge on any atom is 0.472 e. The highest BCUT2D eigenvalue weighted by atomic mass is 31.2. The Morgan fingerprint density at radius 1 is 0.278 bits per heavy atom. The van der Waals surface area contributed by atoms with E-state index < -0.39 is 97.5 Å². The standard InChI is InChI=1S/C89H146O17P2/c1-5-9-13-17-21-25-29-33-37-39-41-43-47-49-53-57-61-65-69-73-86(91)99-79-84(105-88(93)75-71-67-63-59-55-51-45-35-31-27-23-19-15-11-7-3)81-103-107(95,96)101-77-83(90)78-102-108(97,98)104-82-85(106-89(94)76-72-68-64-60-56-52-46-36-32-28-24-20-16-12-8-4)80-100-87(92)74-70-66-62-58-54-50-48-44-42-40-38-34-30-26-22-18-14-10-6-2/h9,12-13,16,21-22,24-26,28,33-34,36-38,41-44,46,49,53,56,60-61,65,68,72,83-85,90H,5-8,10-11,14-15,17-20,23,27,29-32,35,39-40,45,47-48,50-52,54-55,57-59,62-64,66-67,69-71,73-82H2,1-4H3,(H,95,96)(H,97,98)/b13-9-,16-12-,25-21-,26-22-,28-24-,37-33-,38-34-,43-41-,44-42-,46-36-,53-49-,60-56-,65-61-,72-68-. The van der Waals surface area contributed by atoms with Crippen molar-refractivity contribution in [1.82, 2.24) is 0 Å². The van der Waals surface area contributed by atoms with Crippen LogP contribution in [-0.2, 0) is 65.4 Å². The third-order valence-electron chi connectivity index (χ3n) is 16.7. The highest BCUT2D eigenvalue weighted by Crippen LogP contribution is 2.45. The van der Waals surface area contributed by atoms with Crippen molar-refractivity contribution in [2.75, 3.05) is 39.6 Å². The van der Waals surface area contributed by atoms with Gasteiger partial charge in [-0.1, -0.05) is 326 Å². The Balaban J connectivity index is 5.50. The number of phosphoric ester groups is 2. The van der Waals surface area contributed by atoms with Gasteiger partial charge in [-0.25, -0.2) is 9.13 Å². The highest BCUT2D eigenvalue weighted by molar-refractivity contribution is 7.47. The van der Waals surface area contributed by atoms with Crippen LogP contribution in [0, 0.1) is 0 Å². The minimum Gasteiger partial charge on any atom is -0.462 e. The summed E-state index contributed by atoms with van der Waals surface area (Å²) in [7, 11) is -10.0. The van der Waals surface area contributed by atoms with E-state index in [0.29, 0.717) is 32.1 Å². The van der Waals surface area contributed by atoms with Crippen LogP contribution in [0.1, 0.15) is 310 Å². The zero-order valence-electron chi connectivity index (χ0n) is 67.2. The number of aliphatic hydroxyl groups is 1. The van der Waals surface area contributed by atoms with Gasteiger partial charge in [0.1, 0.15) is 19.3 Å². The van der Waals surface area contributed by atoms with Crippen LogP contribution in [0.25, 0.3) is 0 Å². The quantitative estimate of drug-likeness (QED) is 0.0169. The highest BCUT2D eigenvalue weighted by Gasteiger charge is 2.30. The average Bonchev–Trinajstić information content (AvgIpc) is 0.923. The molecule has 0 aromatic heterocycles. The van der Waals surface area contributed by atoms with Gasteiger partial charge in [0.2, 0.25) is 0 Å². The second kappa shape index (κ2) is 79.5. The SMILES string of the molecule is CC/C=C\C/C=C\C/C=C\C/C=C\C/C=C\C/C=C\CCC(=O)OCC(COP(=O)(O)OCC(O)COP(=O)(O)OCC(COC(=O)CCCCCCCC/C=C\C/C=C\C/C=C\CCCCC)OC(=O)C/C=C\C/C=C\C/C=C\C/C=C\C/C=C\CC)OC(=O)CCCCCCCCCCCCCCCCC. The molecule has 0 fully saturated rings. The molecule has 19 heteroatoms. The number of phosphoric acid groups is 2. The van der Waals surface area contributed by atoms with Crippen molar-refractivity contribution in [2.24, 2.45) is 0 Å². The Kier molecular flexibility index (Phi) is 75.4. The van der Waals surface area contributed by atoms with Gasteiger partial charge >= 0.3 is 39.5 Å². The van der Waals surface area contributed by atoms with E-state index in [1.165, 1.54) is 83.5 Å². The van der Waals surface area contributed by atoms with Crippen molar-refractivity contribution in [3.05, 3.63) is 170 Å². The van der Waals surface area contributed by atoms with E-state index in [0.717, 1.165) is 141 Å². The van der Waals surface area contributed by atoms with Gasteiger partial charge in [0.05, 0.1) is 32.8 Å². The van der Waals surface area contributed by atoms with Gasteiger partial charge < -0.3 is 33.8 Å². The van der Waals surface area contributed by atoms with Crippen molar-refractivity contribution in [3.63, 3.8) is 0 Å². The minimum atomic E-state index is -5.02. The number of ether oxygens (including phenoxy) is 4. The molecule has 0 heterocycles. The predicted octanol–water partition coefficient (Wildman–Crippen LogP) is 24.6. The fourth-order valence-electron chi connectivity index (χ4n) is 10.5. The summed E-state index contributed by atoms with van der Waals surface area (Å²) >= 11 is 0. The van der Waals surface area contributed by atoms with Crippen molar-refractivity contribution >= 4 is 39.5 Å².